The molecule has 1 heterocycles. The zero-order valence-electron chi connectivity index (χ0n) is 10.1. The fraction of sp³-hybridized carbons (Fsp3) is 0.538. The molecule has 88 valence electrons. The second kappa shape index (κ2) is 4.74. The molecule has 2 N–H and O–H groups in total. The van der Waals surface area contributed by atoms with E-state index in [0.29, 0.717) is 0 Å². The normalized spacial score (nSPS) is 14.1. The van der Waals surface area contributed by atoms with Gasteiger partial charge in [0.05, 0.1) is 7.11 Å². The van der Waals surface area contributed by atoms with Gasteiger partial charge in [-0.15, -0.1) is 0 Å². The average Bonchev–Trinajstić information content (AvgIpc) is 2.68. The van der Waals surface area contributed by atoms with Crippen LogP contribution in [0.1, 0.15) is 17.5 Å². The number of nitrogens with zero attached hydrogens (tertiary/aromatic N) is 1. The van der Waals surface area contributed by atoms with Gasteiger partial charge in [-0.2, -0.15) is 0 Å². The Labute approximate surface area is 97.2 Å². The van der Waals surface area contributed by atoms with Crippen LogP contribution in [0.2, 0.25) is 0 Å². The highest BCUT2D eigenvalue weighted by atomic mass is 16.5. The standard InChI is InChI=1S/C13H20N2O/c1-15-9-7-11-12(15)6-5-10(4-3-8-14)13(11)16-2/h5-6H,3-4,7-9,14H2,1-2H3. The van der Waals surface area contributed by atoms with E-state index in [0.717, 1.165) is 38.1 Å². The molecule has 0 aliphatic carbocycles. The van der Waals surface area contributed by atoms with Crippen molar-refractivity contribution in [3.8, 4) is 5.75 Å². The van der Waals surface area contributed by atoms with Crippen molar-refractivity contribution in [1.82, 2.24) is 0 Å². The topological polar surface area (TPSA) is 38.5 Å². The van der Waals surface area contributed by atoms with Gasteiger partial charge in [0.2, 0.25) is 0 Å². The number of benzene rings is 1. The molecule has 0 aromatic heterocycles. The fourth-order valence-corrected chi connectivity index (χ4v) is 2.41. The van der Waals surface area contributed by atoms with Crippen molar-refractivity contribution in [1.29, 1.82) is 0 Å². The number of likely N-dealkylation sites (N-methyl/N-ethyl adjacent to an activating group) is 1. The summed E-state index contributed by atoms with van der Waals surface area (Å²) in [5, 5.41) is 0. The number of ether oxygens (including phenoxy) is 1. The molecule has 0 saturated heterocycles. The summed E-state index contributed by atoms with van der Waals surface area (Å²) < 4.78 is 5.57. The molecule has 0 bridgehead atoms. The molecule has 0 fully saturated rings. The van der Waals surface area contributed by atoms with E-state index in [2.05, 4.69) is 24.1 Å². The molecule has 16 heavy (non-hydrogen) atoms. The van der Waals surface area contributed by atoms with Crippen molar-refractivity contribution < 1.29 is 4.74 Å². The van der Waals surface area contributed by atoms with Gasteiger partial charge in [0.15, 0.2) is 0 Å². The van der Waals surface area contributed by atoms with Gasteiger partial charge < -0.3 is 15.4 Å². The van der Waals surface area contributed by atoms with Crippen molar-refractivity contribution in [3.63, 3.8) is 0 Å². The van der Waals surface area contributed by atoms with Crippen LogP contribution >= 0.6 is 0 Å². The van der Waals surface area contributed by atoms with Crippen LogP contribution in [-0.2, 0) is 12.8 Å². The van der Waals surface area contributed by atoms with E-state index in [1.807, 2.05) is 0 Å². The summed E-state index contributed by atoms with van der Waals surface area (Å²) >= 11 is 0. The van der Waals surface area contributed by atoms with Gasteiger partial charge in [-0.05, 0) is 37.4 Å². The number of hydrogen-bond acceptors (Lipinski definition) is 3. The Kier molecular flexibility index (Phi) is 3.34. The Morgan fingerprint density at radius 1 is 1.44 bits per heavy atom. The third-order valence-corrected chi connectivity index (χ3v) is 3.28. The maximum atomic E-state index is 5.57. The number of methoxy groups -OCH3 is 1. The summed E-state index contributed by atoms with van der Waals surface area (Å²) in [7, 11) is 3.89. The highest BCUT2D eigenvalue weighted by Crippen LogP contribution is 2.37. The van der Waals surface area contributed by atoms with Crippen LogP contribution in [0.3, 0.4) is 0 Å². The van der Waals surface area contributed by atoms with Gasteiger partial charge in [0.1, 0.15) is 5.75 Å². The lowest BCUT2D eigenvalue weighted by Crippen LogP contribution is -2.12. The SMILES string of the molecule is COc1c(CCCN)ccc2c1CCN2C. The highest BCUT2D eigenvalue weighted by molar-refractivity contribution is 5.65. The number of anilines is 1. The highest BCUT2D eigenvalue weighted by Gasteiger charge is 2.21. The Bertz CT molecular complexity index is 376. The van der Waals surface area contributed by atoms with Crippen LogP contribution < -0.4 is 15.4 Å². The van der Waals surface area contributed by atoms with E-state index in [1.165, 1.54) is 16.8 Å². The maximum Gasteiger partial charge on any atom is 0.127 e. The molecule has 3 heteroatoms. The predicted octanol–water partition coefficient (Wildman–Crippen LogP) is 1.58. The first-order valence-electron chi connectivity index (χ1n) is 5.88. The molecule has 0 amide bonds. The van der Waals surface area contributed by atoms with Gasteiger partial charge in [0, 0.05) is 24.8 Å². The first-order chi connectivity index (χ1) is 7.77. The predicted molar refractivity (Wildman–Crippen MR) is 67.3 cm³/mol. The summed E-state index contributed by atoms with van der Waals surface area (Å²) in [6.07, 6.45) is 3.12. The zero-order valence-corrected chi connectivity index (χ0v) is 10.1. The molecule has 1 aromatic rings. The van der Waals surface area contributed by atoms with Crippen molar-refractivity contribution >= 4 is 5.69 Å². The van der Waals surface area contributed by atoms with Crippen molar-refractivity contribution in [3.05, 3.63) is 23.3 Å². The largest absolute Gasteiger partial charge is 0.496 e. The summed E-state index contributed by atoms with van der Waals surface area (Å²) in [6.45, 7) is 1.83. The fourth-order valence-electron chi connectivity index (χ4n) is 2.41. The first-order valence-corrected chi connectivity index (χ1v) is 5.88. The molecular weight excluding hydrogens is 200 g/mol. The van der Waals surface area contributed by atoms with Crippen LogP contribution in [0.25, 0.3) is 0 Å². The number of aryl methyl sites for hydroxylation is 1. The summed E-state index contributed by atoms with van der Waals surface area (Å²) in [5.41, 5.74) is 9.52. The molecule has 0 radical (unpaired) electrons. The van der Waals surface area contributed by atoms with E-state index in [1.54, 1.807) is 7.11 Å². The molecule has 1 aliphatic heterocycles. The van der Waals surface area contributed by atoms with E-state index in [9.17, 15) is 0 Å². The molecule has 3 nitrogen and oxygen atoms in total. The molecule has 1 aromatic carbocycles. The lowest BCUT2D eigenvalue weighted by molar-refractivity contribution is 0.405. The van der Waals surface area contributed by atoms with Crippen molar-refractivity contribution in [2.75, 3.05) is 32.1 Å². The van der Waals surface area contributed by atoms with Crippen LogP contribution in [0, 0.1) is 0 Å². The molecule has 0 saturated carbocycles. The lowest BCUT2D eigenvalue weighted by Gasteiger charge is -2.15. The number of fused-ring (bicyclic) bond motifs is 1. The van der Waals surface area contributed by atoms with Gasteiger partial charge in [-0.25, -0.2) is 0 Å². The number of hydrogen-bond donors (Lipinski definition) is 1. The van der Waals surface area contributed by atoms with Gasteiger partial charge in [-0.1, -0.05) is 6.07 Å². The quantitative estimate of drug-likeness (QED) is 0.837. The van der Waals surface area contributed by atoms with Crippen LogP contribution in [0.15, 0.2) is 12.1 Å². The minimum Gasteiger partial charge on any atom is -0.496 e. The Morgan fingerprint density at radius 2 is 2.25 bits per heavy atom. The van der Waals surface area contributed by atoms with E-state index in [4.69, 9.17) is 10.5 Å². The van der Waals surface area contributed by atoms with Crippen molar-refractivity contribution in [2.24, 2.45) is 5.73 Å². The van der Waals surface area contributed by atoms with Crippen LogP contribution in [-0.4, -0.2) is 27.2 Å². The molecular formula is C13H20N2O. The van der Waals surface area contributed by atoms with Gasteiger partial charge in [-0.3, -0.25) is 0 Å². The maximum absolute atomic E-state index is 5.57. The van der Waals surface area contributed by atoms with Crippen LogP contribution in [0.5, 0.6) is 5.75 Å². The number of nitrogens with two attached hydrogens (primary N) is 1. The lowest BCUT2D eigenvalue weighted by atomic mass is 10.0. The molecule has 0 spiro atoms. The average molecular weight is 220 g/mol. The summed E-state index contributed by atoms with van der Waals surface area (Å²) in [4.78, 5) is 2.28. The minimum absolute atomic E-state index is 0.736. The second-order valence-electron chi connectivity index (χ2n) is 4.32. The van der Waals surface area contributed by atoms with E-state index < -0.39 is 0 Å². The summed E-state index contributed by atoms with van der Waals surface area (Å²) in [6, 6.07) is 4.38. The summed E-state index contributed by atoms with van der Waals surface area (Å²) in [5.74, 6) is 1.08. The third kappa shape index (κ3) is 1.87. The monoisotopic (exact) mass is 220 g/mol. The zero-order chi connectivity index (χ0) is 11.5. The van der Waals surface area contributed by atoms with E-state index in [-0.39, 0.29) is 0 Å². The first kappa shape index (κ1) is 11.3. The third-order valence-electron chi connectivity index (χ3n) is 3.28. The molecule has 0 atom stereocenters. The Morgan fingerprint density at radius 3 is 2.94 bits per heavy atom. The second-order valence-corrected chi connectivity index (χ2v) is 4.32. The molecule has 1 aliphatic rings. The van der Waals surface area contributed by atoms with Gasteiger partial charge >= 0.3 is 0 Å². The van der Waals surface area contributed by atoms with Crippen LogP contribution in [0.4, 0.5) is 5.69 Å². The van der Waals surface area contributed by atoms with Crippen molar-refractivity contribution in [2.45, 2.75) is 19.3 Å². The smallest absolute Gasteiger partial charge is 0.127 e. The Hall–Kier alpha value is -1.22. The molecule has 0 unspecified atom stereocenters. The number of rotatable bonds is 4. The van der Waals surface area contributed by atoms with Gasteiger partial charge in [0.25, 0.3) is 0 Å². The minimum atomic E-state index is 0.736. The Balaban J connectivity index is 2.34. The van der Waals surface area contributed by atoms with E-state index >= 15 is 0 Å². The molecule has 2 rings (SSSR count).